The second kappa shape index (κ2) is 10.4. The van der Waals surface area contributed by atoms with E-state index in [1.165, 1.54) is 22.3 Å². The van der Waals surface area contributed by atoms with E-state index in [2.05, 4.69) is 45.2 Å². The minimum absolute atomic E-state index is 0.0337. The number of hydrogen-bond donors (Lipinski definition) is 1. The molecule has 2 heterocycles. The summed E-state index contributed by atoms with van der Waals surface area (Å²) >= 11 is 3.60. The highest BCUT2D eigenvalue weighted by molar-refractivity contribution is 9.10. The normalized spacial score (nSPS) is 21.5. The maximum absolute atomic E-state index is 13.9. The summed E-state index contributed by atoms with van der Waals surface area (Å²) < 4.78 is 13.1. The first-order valence-corrected chi connectivity index (χ1v) is 14.3. The third-order valence-electron chi connectivity index (χ3n) is 8.68. The van der Waals surface area contributed by atoms with Crippen LogP contribution in [0.15, 0.2) is 71.5 Å². The van der Waals surface area contributed by atoms with Crippen molar-refractivity contribution in [3.63, 3.8) is 0 Å². The van der Waals surface area contributed by atoms with Gasteiger partial charge in [-0.25, -0.2) is 9.59 Å². The summed E-state index contributed by atoms with van der Waals surface area (Å²) in [5.41, 5.74) is 4.06. The van der Waals surface area contributed by atoms with Gasteiger partial charge in [0.15, 0.2) is 0 Å². The van der Waals surface area contributed by atoms with Crippen LogP contribution in [0.4, 0.5) is 4.79 Å². The Morgan fingerprint density at radius 3 is 2.31 bits per heavy atom. The van der Waals surface area contributed by atoms with Crippen molar-refractivity contribution < 1.29 is 24.2 Å². The number of rotatable bonds is 6. The van der Waals surface area contributed by atoms with Crippen molar-refractivity contribution in [1.29, 1.82) is 0 Å². The van der Waals surface area contributed by atoms with Crippen LogP contribution in [0.1, 0.15) is 61.1 Å². The van der Waals surface area contributed by atoms with Gasteiger partial charge in [-0.15, -0.1) is 0 Å². The van der Waals surface area contributed by atoms with Gasteiger partial charge in [0.25, 0.3) is 0 Å². The second-order valence-electron chi connectivity index (χ2n) is 10.9. The van der Waals surface area contributed by atoms with E-state index in [1.54, 1.807) is 12.4 Å². The Hall–Kier alpha value is -3.23. The largest absolute Gasteiger partial charge is 0.480 e. The number of hydrogen-bond acceptors (Lipinski definition) is 5. The molecule has 3 aliphatic rings. The van der Waals surface area contributed by atoms with Crippen molar-refractivity contribution in [2.45, 2.75) is 55.6 Å². The van der Waals surface area contributed by atoms with Gasteiger partial charge in [-0.05, 0) is 57.1 Å². The van der Waals surface area contributed by atoms with E-state index in [9.17, 15) is 14.7 Å². The number of likely N-dealkylation sites (tertiary alicyclic amines) is 1. The van der Waals surface area contributed by atoms with E-state index in [0.717, 1.165) is 42.1 Å². The predicted molar refractivity (Wildman–Crippen MR) is 149 cm³/mol. The first-order chi connectivity index (χ1) is 18.9. The molecule has 3 aromatic rings. The van der Waals surface area contributed by atoms with Crippen LogP contribution in [0.25, 0.3) is 11.1 Å². The molecule has 2 aliphatic carbocycles. The van der Waals surface area contributed by atoms with E-state index in [0.29, 0.717) is 6.42 Å². The van der Waals surface area contributed by atoms with Gasteiger partial charge in [-0.3, -0.25) is 9.88 Å². The molecule has 1 aromatic heterocycles. The molecule has 6 rings (SSSR count). The van der Waals surface area contributed by atoms with E-state index in [-0.39, 0.29) is 25.2 Å². The molecule has 1 unspecified atom stereocenters. The van der Waals surface area contributed by atoms with Gasteiger partial charge >= 0.3 is 12.1 Å². The number of pyridine rings is 1. The number of carbonyl (C=O) groups excluding carboxylic acids is 1. The van der Waals surface area contributed by atoms with Crippen molar-refractivity contribution in [1.82, 2.24) is 9.88 Å². The number of nitrogens with zero attached hydrogens (tertiary/aromatic N) is 2. The first-order valence-electron chi connectivity index (χ1n) is 13.5. The molecule has 39 heavy (non-hydrogen) atoms. The maximum atomic E-state index is 13.9. The van der Waals surface area contributed by atoms with Crippen LogP contribution in [0.2, 0.25) is 0 Å². The topological polar surface area (TPSA) is 89.0 Å². The molecule has 1 spiro atoms. The zero-order valence-electron chi connectivity index (χ0n) is 21.6. The zero-order valence-corrected chi connectivity index (χ0v) is 23.2. The van der Waals surface area contributed by atoms with Crippen molar-refractivity contribution in [3.8, 4) is 11.1 Å². The lowest BCUT2D eigenvalue weighted by molar-refractivity contribution is -0.150. The molecule has 1 atom stereocenters. The number of benzene rings is 2. The molecule has 7 nitrogen and oxygen atoms in total. The van der Waals surface area contributed by atoms with E-state index < -0.39 is 23.7 Å². The molecule has 1 aliphatic heterocycles. The summed E-state index contributed by atoms with van der Waals surface area (Å²) in [6.07, 6.45) is 8.28. The number of amides is 1. The van der Waals surface area contributed by atoms with Gasteiger partial charge < -0.3 is 14.6 Å². The zero-order chi connectivity index (χ0) is 27.0. The molecule has 1 amide bonds. The number of aliphatic carboxylic acids is 1. The smallest absolute Gasteiger partial charge is 0.410 e. The lowest BCUT2D eigenvalue weighted by Gasteiger charge is -2.40. The summed E-state index contributed by atoms with van der Waals surface area (Å²) in [6.45, 7) is 0.00428. The molecular weight excluding hydrogens is 560 g/mol. The summed E-state index contributed by atoms with van der Waals surface area (Å²) in [4.78, 5) is 31.6. The number of fused-ring (bicyclic) bond motifs is 3. The van der Waals surface area contributed by atoms with Crippen LogP contribution < -0.4 is 0 Å². The highest BCUT2D eigenvalue weighted by Crippen LogP contribution is 2.52. The van der Waals surface area contributed by atoms with Gasteiger partial charge in [0.1, 0.15) is 18.8 Å². The molecular formula is C31H31BrN2O5. The molecule has 0 bridgehead atoms. The van der Waals surface area contributed by atoms with Crippen molar-refractivity contribution in [3.05, 3.63) is 88.2 Å². The van der Waals surface area contributed by atoms with Crippen LogP contribution in [-0.2, 0) is 19.9 Å². The predicted octanol–water partition coefficient (Wildman–Crippen LogP) is 6.50. The summed E-state index contributed by atoms with van der Waals surface area (Å²) in [7, 11) is 0. The lowest BCUT2D eigenvalue weighted by atomic mass is 9.76. The average Bonchev–Trinajstić information content (AvgIpc) is 3.44. The van der Waals surface area contributed by atoms with Crippen LogP contribution in [0.3, 0.4) is 0 Å². The Kier molecular flexibility index (Phi) is 6.93. The van der Waals surface area contributed by atoms with Crippen molar-refractivity contribution >= 4 is 28.0 Å². The molecule has 0 radical (unpaired) electrons. The molecule has 8 heteroatoms. The van der Waals surface area contributed by atoms with E-state index in [4.69, 9.17) is 9.47 Å². The molecule has 1 saturated carbocycles. The van der Waals surface area contributed by atoms with Gasteiger partial charge in [0.2, 0.25) is 0 Å². The fraction of sp³-hybridized carbons (Fsp3) is 0.387. The quantitative estimate of drug-likeness (QED) is 0.352. The van der Waals surface area contributed by atoms with Crippen molar-refractivity contribution in [2.75, 3.05) is 19.8 Å². The van der Waals surface area contributed by atoms with Gasteiger partial charge in [-0.1, -0.05) is 67.8 Å². The van der Waals surface area contributed by atoms with Gasteiger partial charge in [0.05, 0.1) is 6.54 Å². The first kappa shape index (κ1) is 26.0. The Labute approximate surface area is 236 Å². The Balaban J connectivity index is 1.31. The molecule has 2 aromatic carbocycles. The minimum Gasteiger partial charge on any atom is -0.480 e. The van der Waals surface area contributed by atoms with Crippen LogP contribution in [0, 0.1) is 0 Å². The van der Waals surface area contributed by atoms with Gasteiger partial charge in [-0.2, -0.15) is 0 Å². The fourth-order valence-electron chi connectivity index (χ4n) is 6.99. The SMILES string of the molecule is O=C(O)COC1(c2ccncc2Br)CN(C(=O)OCC2c3ccccc3-c3ccccc32)C2(CCCCC2)C1. The molecule has 2 fully saturated rings. The summed E-state index contributed by atoms with van der Waals surface area (Å²) in [5, 5.41) is 9.49. The number of ether oxygens (including phenoxy) is 2. The third-order valence-corrected chi connectivity index (χ3v) is 9.31. The summed E-state index contributed by atoms with van der Waals surface area (Å²) in [5.74, 6) is -1.08. The average molecular weight is 592 g/mol. The Morgan fingerprint density at radius 2 is 1.67 bits per heavy atom. The van der Waals surface area contributed by atoms with Crippen LogP contribution in [-0.4, -0.2) is 52.4 Å². The van der Waals surface area contributed by atoms with E-state index >= 15 is 0 Å². The number of carboxylic acids is 1. The number of carbonyl (C=O) groups is 2. The maximum Gasteiger partial charge on any atom is 0.410 e. The van der Waals surface area contributed by atoms with Crippen LogP contribution >= 0.6 is 15.9 Å². The monoisotopic (exact) mass is 590 g/mol. The minimum atomic E-state index is -1.04. The molecule has 1 saturated heterocycles. The fourth-order valence-corrected chi connectivity index (χ4v) is 7.60. The summed E-state index contributed by atoms with van der Waals surface area (Å²) in [6, 6.07) is 18.4. The van der Waals surface area contributed by atoms with Gasteiger partial charge in [0, 0.05) is 40.3 Å². The second-order valence-corrected chi connectivity index (χ2v) is 11.7. The Bertz CT molecular complexity index is 1360. The number of halogens is 1. The van der Waals surface area contributed by atoms with Crippen LogP contribution in [0.5, 0.6) is 0 Å². The van der Waals surface area contributed by atoms with E-state index in [1.807, 2.05) is 35.2 Å². The highest BCUT2D eigenvalue weighted by atomic mass is 79.9. The highest BCUT2D eigenvalue weighted by Gasteiger charge is 2.58. The number of carboxylic acid groups (broad SMARTS) is 1. The number of aromatic nitrogens is 1. The molecule has 1 N–H and O–H groups in total. The third kappa shape index (κ3) is 4.63. The lowest BCUT2D eigenvalue weighted by Crippen LogP contribution is -2.49. The van der Waals surface area contributed by atoms with Crippen molar-refractivity contribution in [2.24, 2.45) is 0 Å². The molecule has 202 valence electrons. The standard InChI is InChI=1S/C31H31BrN2O5/c32-27-16-33-15-12-26(27)31(39-18-28(35)36)19-30(13-6-1-7-14-30)34(20-31)29(37)38-17-25-23-10-4-2-8-21(23)22-9-3-5-11-24(22)25/h2-5,8-12,15-16,25H,1,6-7,13-14,17-20H2,(H,35,36). The Morgan fingerprint density at radius 1 is 1.00 bits per heavy atom.